The number of rotatable bonds is 4. The van der Waals surface area contributed by atoms with Crippen molar-refractivity contribution in [2.24, 2.45) is 10.2 Å². The molecular weight excluding hydrogens is 324 g/mol. The van der Waals surface area contributed by atoms with E-state index in [1.807, 2.05) is 18.2 Å². The van der Waals surface area contributed by atoms with Gasteiger partial charge in [-0.1, -0.05) is 18.2 Å². The molecular formula is C17H20N4O2S. The molecule has 6 nitrogen and oxygen atoms in total. The number of nitrogens with one attached hydrogen (secondary N) is 1. The van der Waals surface area contributed by atoms with E-state index < -0.39 is 10.0 Å². The Morgan fingerprint density at radius 3 is 2.17 bits per heavy atom. The summed E-state index contributed by atoms with van der Waals surface area (Å²) in [4.78, 5) is 2.44. The zero-order valence-corrected chi connectivity index (χ0v) is 14.0. The lowest BCUT2D eigenvalue weighted by Crippen LogP contribution is -2.34. The summed E-state index contributed by atoms with van der Waals surface area (Å²) in [5.41, 5.74) is 6.07. The molecule has 7 heteroatoms. The molecule has 0 radical (unpaired) electrons. The van der Waals surface area contributed by atoms with E-state index in [9.17, 15) is 8.42 Å². The van der Waals surface area contributed by atoms with E-state index in [2.05, 4.69) is 27.6 Å². The summed E-state index contributed by atoms with van der Waals surface area (Å²) in [7, 11) is -3.66. The number of hydrogen-bond donors (Lipinski definition) is 2. The number of para-hydroxylation sites is 1. The summed E-state index contributed by atoms with van der Waals surface area (Å²) >= 11 is 0. The second kappa shape index (κ2) is 7.02. The van der Waals surface area contributed by atoms with Crippen LogP contribution in [0.3, 0.4) is 0 Å². The highest BCUT2D eigenvalue weighted by Gasteiger charge is 2.15. The Morgan fingerprint density at radius 2 is 1.58 bits per heavy atom. The van der Waals surface area contributed by atoms with Crippen molar-refractivity contribution in [2.45, 2.75) is 17.7 Å². The number of hydrogen-bond acceptors (Lipinski definition) is 5. The van der Waals surface area contributed by atoms with Gasteiger partial charge in [0.2, 0.25) is 10.0 Å². The fourth-order valence-corrected chi connectivity index (χ4v) is 3.15. The standard InChI is InChI=1S/C17H20N4O2S/c18-24(22,23)17-8-6-14(7-9-17)19-20-15-10-12-21(13-11-15)16-4-2-1-3-5-16/h1-9,19H,10-13H2,(H2,18,22,23). The molecule has 2 aromatic carbocycles. The number of primary sulfonamides is 1. The molecule has 1 heterocycles. The molecule has 0 aromatic heterocycles. The Bertz CT molecular complexity index is 807. The lowest BCUT2D eigenvalue weighted by Gasteiger charge is -2.29. The summed E-state index contributed by atoms with van der Waals surface area (Å²) in [6, 6.07) is 16.6. The van der Waals surface area contributed by atoms with E-state index >= 15 is 0 Å². The Hall–Kier alpha value is -2.38. The van der Waals surface area contributed by atoms with Crippen LogP contribution in [0.25, 0.3) is 0 Å². The SMILES string of the molecule is NS(=O)(=O)c1ccc(NN=C2CCN(c3ccccc3)CC2)cc1. The highest BCUT2D eigenvalue weighted by Crippen LogP contribution is 2.19. The average molecular weight is 344 g/mol. The molecule has 0 unspecified atom stereocenters. The number of benzene rings is 2. The summed E-state index contributed by atoms with van der Waals surface area (Å²) in [5.74, 6) is 0. The molecule has 1 aliphatic rings. The zero-order valence-electron chi connectivity index (χ0n) is 13.2. The maximum atomic E-state index is 11.2. The van der Waals surface area contributed by atoms with Crippen molar-refractivity contribution in [2.75, 3.05) is 23.4 Å². The fourth-order valence-electron chi connectivity index (χ4n) is 2.64. The van der Waals surface area contributed by atoms with Crippen LogP contribution >= 0.6 is 0 Å². The average Bonchev–Trinajstić information content (AvgIpc) is 2.61. The fraction of sp³-hybridized carbons (Fsp3) is 0.235. The van der Waals surface area contributed by atoms with Gasteiger partial charge in [-0.15, -0.1) is 0 Å². The van der Waals surface area contributed by atoms with Gasteiger partial charge in [0.1, 0.15) is 0 Å². The number of anilines is 2. The van der Waals surface area contributed by atoms with E-state index in [0.29, 0.717) is 0 Å². The largest absolute Gasteiger partial charge is 0.371 e. The molecule has 0 bridgehead atoms. The first-order valence-corrected chi connectivity index (χ1v) is 9.31. The van der Waals surface area contributed by atoms with Crippen molar-refractivity contribution in [1.82, 2.24) is 0 Å². The first-order chi connectivity index (χ1) is 11.5. The smallest absolute Gasteiger partial charge is 0.238 e. The molecule has 0 amide bonds. The molecule has 0 spiro atoms. The Balaban J connectivity index is 1.57. The first kappa shape index (κ1) is 16.5. The van der Waals surface area contributed by atoms with Crippen LogP contribution < -0.4 is 15.5 Å². The molecule has 1 saturated heterocycles. The van der Waals surface area contributed by atoms with Crippen molar-refractivity contribution in [3.63, 3.8) is 0 Å². The van der Waals surface area contributed by atoms with Gasteiger partial charge in [0.25, 0.3) is 0 Å². The molecule has 3 rings (SSSR count). The molecule has 3 N–H and O–H groups in total. The highest BCUT2D eigenvalue weighted by atomic mass is 32.2. The van der Waals surface area contributed by atoms with Gasteiger partial charge < -0.3 is 4.90 Å². The van der Waals surface area contributed by atoms with Crippen LogP contribution in [0.5, 0.6) is 0 Å². The van der Waals surface area contributed by atoms with Gasteiger partial charge in [0, 0.05) is 37.3 Å². The summed E-state index contributed by atoms with van der Waals surface area (Å²) in [5, 5.41) is 9.51. The Kier molecular flexibility index (Phi) is 4.82. The normalized spacial score (nSPS) is 15.2. The van der Waals surface area contributed by atoms with Crippen LogP contribution in [0.2, 0.25) is 0 Å². The van der Waals surface area contributed by atoms with Crippen molar-refractivity contribution in [1.29, 1.82) is 0 Å². The van der Waals surface area contributed by atoms with E-state index in [4.69, 9.17) is 5.14 Å². The third-order valence-corrected chi connectivity index (χ3v) is 4.92. The number of nitrogens with zero attached hydrogens (tertiary/aromatic N) is 2. The molecule has 0 atom stereocenters. The molecule has 24 heavy (non-hydrogen) atoms. The summed E-state index contributed by atoms with van der Waals surface area (Å²) < 4.78 is 22.4. The second-order valence-corrected chi connectivity index (χ2v) is 7.24. The van der Waals surface area contributed by atoms with Crippen molar-refractivity contribution in [3.05, 3.63) is 54.6 Å². The van der Waals surface area contributed by atoms with Crippen LogP contribution in [0.4, 0.5) is 11.4 Å². The van der Waals surface area contributed by atoms with Gasteiger partial charge in [0.15, 0.2) is 0 Å². The van der Waals surface area contributed by atoms with Crippen LogP contribution in [0.15, 0.2) is 64.6 Å². The maximum absolute atomic E-state index is 11.2. The summed E-state index contributed by atoms with van der Waals surface area (Å²) in [6.07, 6.45) is 1.80. The van der Waals surface area contributed by atoms with Crippen LogP contribution in [-0.4, -0.2) is 27.2 Å². The predicted molar refractivity (Wildman–Crippen MR) is 96.8 cm³/mol. The minimum absolute atomic E-state index is 0.0943. The third kappa shape index (κ3) is 4.12. The number of hydrazone groups is 1. The lowest BCUT2D eigenvalue weighted by atomic mass is 10.1. The maximum Gasteiger partial charge on any atom is 0.238 e. The first-order valence-electron chi connectivity index (χ1n) is 7.77. The highest BCUT2D eigenvalue weighted by molar-refractivity contribution is 7.89. The molecule has 126 valence electrons. The second-order valence-electron chi connectivity index (χ2n) is 5.68. The monoisotopic (exact) mass is 344 g/mol. The van der Waals surface area contributed by atoms with Gasteiger partial charge in [0.05, 0.1) is 10.6 Å². The van der Waals surface area contributed by atoms with Gasteiger partial charge in [-0.2, -0.15) is 5.10 Å². The molecule has 1 fully saturated rings. The predicted octanol–water partition coefficient (Wildman–Crippen LogP) is 2.40. The van der Waals surface area contributed by atoms with Gasteiger partial charge in [-0.05, 0) is 36.4 Å². The van der Waals surface area contributed by atoms with Crippen LogP contribution in [-0.2, 0) is 10.0 Å². The third-order valence-electron chi connectivity index (χ3n) is 3.99. The van der Waals surface area contributed by atoms with Crippen LogP contribution in [0, 0.1) is 0 Å². The zero-order chi connectivity index (χ0) is 17.0. The van der Waals surface area contributed by atoms with E-state index in [0.717, 1.165) is 37.3 Å². The van der Waals surface area contributed by atoms with Gasteiger partial charge >= 0.3 is 0 Å². The van der Waals surface area contributed by atoms with Crippen molar-refractivity contribution < 1.29 is 8.42 Å². The Morgan fingerprint density at radius 1 is 0.958 bits per heavy atom. The lowest BCUT2D eigenvalue weighted by molar-refractivity contribution is 0.598. The minimum atomic E-state index is -3.66. The van der Waals surface area contributed by atoms with Gasteiger partial charge in [-0.3, -0.25) is 5.43 Å². The number of sulfonamides is 1. The van der Waals surface area contributed by atoms with Gasteiger partial charge in [-0.25, -0.2) is 13.6 Å². The van der Waals surface area contributed by atoms with Crippen molar-refractivity contribution in [3.8, 4) is 0 Å². The Labute approximate surface area is 142 Å². The van der Waals surface area contributed by atoms with E-state index in [-0.39, 0.29) is 4.90 Å². The minimum Gasteiger partial charge on any atom is -0.371 e. The molecule has 2 aromatic rings. The molecule has 0 saturated carbocycles. The number of nitrogens with two attached hydrogens (primary N) is 1. The van der Waals surface area contributed by atoms with E-state index in [1.165, 1.54) is 17.8 Å². The summed E-state index contributed by atoms with van der Waals surface area (Å²) in [6.45, 7) is 1.88. The van der Waals surface area contributed by atoms with E-state index in [1.54, 1.807) is 12.1 Å². The molecule has 0 aliphatic carbocycles. The molecule has 1 aliphatic heterocycles. The van der Waals surface area contributed by atoms with Crippen molar-refractivity contribution >= 4 is 27.1 Å². The topological polar surface area (TPSA) is 87.8 Å². The quantitative estimate of drug-likeness (QED) is 0.834. The van der Waals surface area contributed by atoms with Crippen LogP contribution in [0.1, 0.15) is 12.8 Å². The number of piperidine rings is 1.